The summed E-state index contributed by atoms with van der Waals surface area (Å²) in [5.74, 6) is 0.625. The summed E-state index contributed by atoms with van der Waals surface area (Å²) >= 11 is 13.7. The van der Waals surface area contributed by atoms with Gasteiger partial charge in [0.1, 0.15) is 0 Å². The Labute approximate surface area is 120 Å². The monoisotopic (exact) mass is 294 g/mol. The number of halogens is 2. The van der Waals surface area contributed by atoms with Gasteiger partial charge < -0.3 is 0 Å². The van der Waals surface area contributed by atoms with Crippen LogP contribution in [0.3, 0.4) is 0 Å². The molecular formula is C13H8Cl2N2S. The van der Waals surface area contributed by atoms with Crippen LogP contribution in [0.4, 0.5) is 0 Å². The van der Waals surface area contributed by atoms with Crippen molar-refractivity contribution in [2.45, 2.75) is 10.8 Å². The molecule has 5 heteroatoms. The lowest BCUT2D eigenvalue weighted by Crippen LogP contribution is -1.87. The van der Waals surface area contributed by atoms with Gasteiger partial charge in [-0.3, -0.25) is 0 Å². The van der Waals surface area contributed by atoms with Crippen molar-refractivity contribution in [1.82, 2.24) is 4.98 Å². The Morgan fingerprint density at radius 2 is 1.94 bits per heavy atom. The van der Waals surface area contributed by atoms with E-state index in [1.54, 1.807) is 18.3 Å². The summed E-state index contributed by atoms with van der Waals surface area (Å²) in [7, 11) is 0. The molecule has 0 bridgehead atoms. The van der Waals surface area contributed by atoms with Gasteiger partial charge >= 0.3 is 0 Å². The van der Waals surface area contributed by atoms with Crippen LogP contribution in [-0.2, 0) is 5.75 Å². The molecule has 0 fully saturated rings. The average molecular weight is 295 g/mol. The Morgan fingerprint density at radius 3 is 2.61 bits per heavy atom. The number of thioether (sulfide) groups is 1. The molecule has 2 rings (SSSR count). The van der Waals surface area contributed by atoms with Gasteiger partial charge in [-0.25, -0.2) is 4.98 Å². The molecule has 2 aromatic rings. The third kappa shape index (κ3) is 3.17. The van der Waals surface area contributed by atoms with E-state index in [0.717, 1.165) is 10.6 Å². The molecule has 0 atom stereocenters. The largest absolute Gasteiger partial charge is 0.250 e. The van der Waals surface area contributed by atoms with Gasteiger partial charge in [0.25, 0.3) is 0 Å². The fourth-order valence-corrected chi connectivity index (χ4v) is 3.01. The zero-order valence-electron chi connectivity index (χ0n) is 9.23. The van der Waals surface area contributed by atoms with Crippen LogP contribution in [-0.4, -0.2) is 4.98 Å². The number of aromatic nitrogens is 1. The topological polar surface area (TPSA) is 36.7 Å². The minimum atomic E-state index is 0.595. The van der Waals surface area contributed by atoms with Crippen LogP contribution in [0.5, 0.6) is 0 Å². The zero-order valence-corrected chi connectivity index (χ0v) is 11.6. The number of nitriles is 1. The van der Waals surface area contributed by atoms with Crippen LogP contribution in [0.25, 0.3) is 0 Å². The van der Waals surface area contributed by atoms with E-state index in [4.69, 9.17) is 28.5 Å². The van der Waals surface area contributed by atoms with Crippen molar-refractivity contribution in [3.63, 3.8) is 0 Å². The summed E-state index contributed by atoms with van der Waals surface area (Å²) in [6, 6.07) is 10.9. The van der Waals surface area contributed by atoms with Crippen molar-refractivity contribution >= 4 is 35.0 Å². The molecule has 0 aliphatic heterocycles. The van der Waals surface area contributed by atoms with Crippen LogP contribution in [0.15, 0.2) is 41.6 Å². The summed E-state index contributed by atoms with van der Waals surface area (Å²) in [5.41, 5.74) is 1.48. The summed E-state index contributed by atoms with van der Waals surface area (Å²) in [6.45, 7) is 0. The van der Waals surface area contributed by atoms with Crippen molar-refractivity contribution in [1.29, 1.82) is 5.26 Å². The summed E-state index contributed by atoms with van der Waals surface area (Å²) in [5, 5.41) is 10.9. The Kier molecular flexibility index (Phi) is 4.48. The number of hydrogen-bond acceptors (Lipinski definition) is 3. The first-order valence-electron chi connectivity index (χ1n) is 5.12. The van der Waals surface area contributed by atoms with Gasteiger partial charge in [-0.05, 0) is 29.8 Å². The molecule has 18 heavy (non-hydrogen) atoms. The van der Waals surface area contributed by atoms with E-state index in [2.05, 4.69) is 11.1 Å². The third-order valence-electron chi connectivity index (χ3n) is 2.29. The maximum atomic E-state index is 8.81. The lowest BCUT2D eigenvalue weighted by molar-refractivity contribution is 1.12. The van der Waals surface area contributed by atoms with E-state index >= 15 is 0 Å². The summed E-state index contributed by atoms with van der Waals surface area (Å²) < 4.78 is 0. The molecule has 0 radical (unpaired) electrons. The second kappa shape index (κ2) is 6.10. The molecule has 0 aliphatic rings. The smallest absolute Gasteiger partial charge is 0.0993 e. The van der Waals surface area contributed by atoms with Gasteiger partial charge in [-0.1, -0.05) is 29.3 Å². The van der Waals surface area contributed by atoms with Crippen molar-refractivity contribution < 1.29 is 0 Å². The van der Waals surface area contributed by atoms with E-state index in [9.17, 15) is 0 Å². The predicted molar refractivity (Wildman–Crippen MR) is 75.0 cm³/mol. The van der Waals surface area contributed by atoms with Crippen LogP contribution in [0.1, 0.15) is 11.1 Å². The van der Waals surface area contributed by atoms with Gasteiger partial charge in [0.05, 0.1) is 16.7 Å². The lowest BCUT2D eigenvalue weighted by atomic mass is 10.2. The number of benzene rings is 1. The second-order valence-electron chi connectivity index (χ2n) is 3.48. The molecule has 0 saturated carbocycles. The standard InChI is InChI=1S/C13H8Cl2N2S/c14-11-2-1-3-12(15)10(11)8-18-13-6-9(7-16)4-5-17-13/h1-6H,8H2. The second-order valence-corrected chi connectivity index (χ2v) is 5.29. The van der Waals surface area contributed by atoms with Gasteiger partial charge in [-0.15, -0.1) is 11.8 Å². The number of pyridine rings is 1. The molecular weight excluding hydrogens is 287 g/mol. The molecule has 0 spiro atoms. The quantitative estimate of drug-likeness (QED) is 0.779. The van der Waals surface area contributed by atoms with E-state index in [1.807, 2.05) is 18.2 Å². The Balaban J connectivity index is 2.14. The highest BCUT2D eigenvalue weighted by molar-refractivity contribution is 7.98. The normalized spacial score (nSPS) is 10.1. The molecule has 1 aromatic heterocycles. The third-order valence-corrected chi connectivity index (χ3v) is 3.95. The minimum Gasteiger partial charge on any atom is -0.250 e. The molecule has 0 N–H and O–H groups in total. The first kappa shape index (κ1) is 13.2. The molecule has 0 unspecified atom stereocenters. The maximum Gasteiger partial charge on any atom is 0.0993 e. The van der Waals surface area contributed by atoms with E-state index in [1.165, 1.54) is 11.8 Å². The highest BCUT2D eigenvalue weighted by atomic mass is 35.5. The van der Waals surface area contributed by atoms with Crippen LogP contribution < -0.4 is 0 Å². The maximum absolute atomic E-state index is 8.81. The van der Waals surface area contributed by atoms with Crippen molar-refractivity contribution in [2.75, 3.05) is 0 Å². The number of rotatable bonds is 3. The van der Waals surface area contributed by atoms with Crippen molar-refractivity contribution in [3.8, 4) is 6.07 Å². The molecule has 2 nitrogen and oxygen atoms in total. The predicted octanol–water partition coefficient (Wildman–Crippen LogP) is 4.55. The van der Waals surface area contributed by atoms with Gasteiger partial charge in [0.15, 0.2) is 0 Å². The van der Waals surface area contributed by atoms with Crippen LogP contribution in [0, 0.1) is 11.3 Å². The fraction of sp³-hybridized carbons (Fsp3) is 0.0769. The van der Waals surface area contributed by atoms with E-state index < -0.39 is 0 Å². The molecule has 0 saturated heterocycles. The molecule has 90 valence electrons. The highest BCUT2D eigenvalue weighted by Crippen LogP contribution is 2.30. The van der Waals surface area contributed by atoms with E-state index in [-0.39, 0.29) is 0 Å². The number of nitrogens with zero attached hydrogens (tertiary/aromatic N) is 2. The zero-order chi connectivity index (χ0) is 13.0. The van der Waals surface area contributed by atoms with Crippen LogP contribution >= 0.6 is 35.0 Å². The Morgan fingerprint density at radius 1 is 1.22 bits per heavy atom. The first-order valence-corrected chi connectivity index (χ1v) is 6.86. The Hall–Kier alpha value is -1.21. The summed E-state index contributed by atoms with van der Waals surface area (Å²) in [4.78, 5) is 4.19. The highest BCUT2D eigenvalue weighted by Gasteiger charge is 2.06. The van der Waals surface area contributed by atoms with Crippen molar-refractivity contribution in [3.05, 3.63) is 57.7 Å². The van der Waals surface area contributed by atoms with E-state index in [0.29, 0.717) is 21.4 Å². The first-order chi connectivity index (χ1) is 8.70. The Bertz CT molecular complexity index is 588. The molecule has 1 aromatic carbocycles. The molecule has 0 amide bonds. The number of hydrogen-bond donors (Lipinski definition) is 0. The van der Waals surface area contributed by atoms with Crippen LogP contribution in [0.2, 0.25) is 10.0 Å². The van der Waals surface area contributed by atoms with Gasteiger partial charge in [0.2, 0.25) is 0 Å². The molecule has 1 heterocycles. The lowest BCUT2D eigenvalue weighted by Gasteiger charge is -2.06. The average Bonchev–Trinajstić information content (AvgIpc) is 2.38. The van der Waals surface area contributed by atoms with Gasteiger partial charge in [-0.2, -0.15) is 5.26 Å². The SMILES string of the molecule is N#Cc1ccnc(SCc2c(Cl)cccc2Cl)c1. The molecule has 0 aliphatic carbocycles. The fourth-order valence-electron chi connectivity index (χ4n) is 1.37. The summed E-state index contributed by atoms with van der Waals surface area (Å²) in [6.07, 6.45) is 1.62. The van der Waals surface area contributed by atoms with Crippen molar-refractivity contribution in [2.24, 2.45) is 0 Å². The minimum absolute atomic E-state index is 0.595. The van der Waals surface area contributed by atoms with Gasteiger partial charge in [0, 0.05) is 22.0 Å².